The lowest BCUT2D eigenvalue weighted by Crippen LogP contribution is -2.31. The van der Waals surface area contributed by atoms with Crippen LogP contribution in [0.4, 0.5) is 0 Å². The molecule has 0 bridgehead atoms. The molecule has 2 aromatic carbocycles. The minimum absolute atomic E-state index is 0.00192. The van der Waals surface area contributed by atoms with Crippen LogP contribution >= 0.6 is 0 Å². The van der Waals surface area contributed by atoms with E-state index in [2.05, 4.69) is 4.72 Å². The summed E-state index contributed by atoms with van der Waals surface area (Å²) < 4.78 is 33.9. The number of rotatable bonds is 8. The highest BCUT2D eigenvalue weighted by molar-refractivity contribution is 7.89. The van der Waals surface area contributed by atoms with E-state index in [0.29, 0.717) is 12.0 Å². The van der Waals surface area contributed by atoms with Crippen LogP contribution in [0.25, 0.3) is 0 Å². The van der Waals surface area contributed by atoms with Gasteiger partial charge in [0.05, 0.1) is 25.5 Å². The van der Waals surface area contributed by atoms with Gasteiger partial charge in [-0.15, -0.1) is 0 Å². The monoisotopic (exact) mass is 456 g/mol. The Kier molecular flexibility index (Phi) is 6.62. The van der Waals surface area contributed by atoms with Gasteiger partial charge in [0.2, 0.25) is 21.8 Å². The molecular formula is C24H28N2O5S. The topological polar surface area (TPSA) is 92.8 Å². The third-order valence-corrected chi connectivity index (χ3v) is 7.82. The van der Waals surface area contributed by atoms with E-state index in [9.17, 15) is 18.0 Å². The van der Waals surface area contributed by atoms with E-state index in [1.54, 1.807) is 12.1 Å². The highest BCUT2D eigenvalue weighted by atomic mass is 32.2. The van der Waals surface area contributed by atoms with Gasteiger partial charge in [0, 0.05) is 6.54 Å². The summed E-state index contributed by atoms with van der Waals surface area (Å²) in [5.74, 6) is -0.509. The van der Waals surface area contributed by atoms with E-state index in [-0.39, 0.29) is 47.4 Å². The van der Waals surface area contributed by atoms with Crippen molar-refractivity contribution in [3.8, 4) is 5.75 Å². The molecule has 1 saturated carbocycles. The molecule has 1 aliphatic heterocycles. The fraction of sp³-hybridized carbons (Fsp3) is 0.417. The molecule has 0 radical (unpaired) electrons. The molecule has 170 valence electrons. The van der Waals surface area contributed by atoms with Crippen molar-refractivity contribution in [2.24, 2.45) is 11.8 Å². The van der Waals surface area contributed by atoms with Crippen molar-refractivity contribution in [2.75, 3.05) is 13.7 Å². The summed E-state index contributed by atoms with van der Waals surface area (Å²) in [5, 5.41) is 0. The van der Waals surface area contributed by atoms with Crippen molar-refractivity contribution in [1.82, 2.24) is 9.62 Å². The molecule has 32 heavy (non-hydrogen) atoms. The Labute approximate surface area is 188 Å². The maximum atomic E-state index is 13.0. The second-order valence-corrected chi connectivity index (χ2v) is 10.1. The summed E-state index contributed by atoms with van der Waals surface area (Å²) in [4.78, 5) is 26.9. The maximum Gasteiger partial charge on any atom is 0.244 e. The minimum atomic E-state index is -3.84. The number of carbonyl (C=O) groups is 2. The number of fused-ring (bicyclic) bond motifs is 1. The predicted octanol–water partition coefficient (Wildman–Crippen LogP) is 2.89. The molecule has 7 nitrogen and oxygen atoms in total. The summed E-state index contributed by atoms with van der Waals surface area (Å²) in [7, 11) is -2.43. The van der Waals surface area contributed by atoms with Gasteiger partial charge in [-0.05, 0) is 42.5 Å². The van der Waals surface area contributed by atoms with Gasteiger partial charge in [0.25, 0.3) is 0 Å². The van der Waals surface area contributed by atoms with Crippen LogP contribution in [-0.4, -0.2) is 38.8 Å². The third kappa shape index (κ3) is 4.56. The van der Waals surface area contributed by atoms with Gasteiger partial charge in [-0.3, -0.25) is 14.5 Å². The largest absolute Gasteiger partial charge is 0.495 e. The van der Waals surface area contributed by atoms with Crippen LogP contribution in [0.15, 0.2) is 53.4 Å². The van der Waals surface area contributed by atoms with Gasteiger partial charge in [-0.25, -0.2) is 13.1 Å². The molecule has 2 amide bonds. The van der Waals surface area contributed by atoms with Crippen LogP contribution in [0.1, 0.15) is 36.8 Å². The van der Waals surface area contributed by atoms with Crippen molar-refractivity contribution >= 4 is 21.8 Å². The molecule has 2 fully saturated rings. The molecule has 1 saturated heterocycles. The summed E-state index contributed by atoms with van der Waals surface area (Å²) in [6.07, 6.45) is 3.99. The van der Waals surface area contributed by atoms with Crippen LogP contribution in [-0.2, 0) is 32.6 Å². The Hall–Kier alpha value is -2.71. The van der Waals surface area contributed by atoms with E-state index in [1.165, 1.54) is 18.1 Å². The zero-order valence-electron chi connectivity index (χ0n) is 18.1. The smallest absolute Gasteiger partial charge is 0.244 e. The van der Waals surface area contributed by atoms with Crippen LogP contribution in [0.5, 0.6) is 5.75 Å². The van der Waals surface area contributed by atoms with Crippen molar-refractivity contribution in [3.05, 3.63) is 59.7 Å². The number of amides is 2. The number of hydrogen-bond acceptors (Lipinski definition) is 5. The highest BCUT2D eigenvalue weighted by Gasteiger charge is 2.47. The lowest BCUT2D eigenvalue weighted by molar-refractivity contribution is -0.140. The molecule has 0 aromatic heterocycles. The maximum absolute atomic E-state index is 13.0. The van der Waals surface area contributed by atoms with Crippen molar-refractivity contribution in [2.45, 2.75) is 43.5 Å². The average Bonchev–Trinajstić information content (AvgIpc) is 3.05. The molecule has 4 rings (SSSR count). The van der Waals surface area contributed by atoms with Gasteiger partial charge in [-0.1, -0.05) is 49.2 Å². The second kappa shape index (κ2) is 9.42. The molecule has 8 heteroatoms. The number of imide groups is 1. The number of sulfonamides is 1. The Morgan fingerprint density at radius 3 is 2.25 bits per heavy atom. The normalized spacial score (nSPS) is 21.0. The zero-order valence-corrected chi connectivity index (χ0v) is 18.9. The molecule has 2 unspecified atom stereocenters. The predicted molar refractivity (Wildman–Crippen MR) is 119 cm³/mol. The number of carbonyl (C=O) groups excluding carboxylic acids is 2. The van der Waals surface area contributed by atoms with Gasteiger partial charge in [-0.2, -0.15) is 0 Å². The lowest BCUT2D eigenvalue weighted by atomic mass is 9.81. The van der Waals surface area contributed by atoms with Crippen LogP contribution in [0.3, 0.4) is 0 Å². The van der Waals surface area contributed by atoms with E-state index >= 15 is 0 Å². The lowest BCUT2D eigenvalue weighted by Gasteiger charge is -2.19. The van der Waals surface area contributed by atoms with Gasteiger partial charge < -0.3 is 4.74 Å². The molecule has 2 atom stereocenters. The first kappa shape index (κ1) is 22.5. The summed E-state index contributed by atoms with van der Waals surface area (Å²) in [5.41, 5.74) is 1.61. The SMILES string of the molecule is COc1ccc(CN2C(=O)C3CCCCC3C2=O)cc1S(=O)(=O)NCCc1ccccc1. The first-order valence-corrected chi connectivity index (χ1v) is 12.4. The fourth-order valence-electron chi connectivity index (χ4n) is 4.65. The number of ether oxygens (including phenoxy) is 1. The number of methoxy groups -OCH3 is 1. The molecule has 1 N–H and O–H groups in total. The molecule has 1 aliphatic carbocycles. The number of likely N-dealkylation sites (tertiary alicyclic amines) is 1. The molecule has 0 spiro atoms. The minimum Gasteiger partial charge on any atom is -0.495 e. The summed E-state index contributed by atoms with van der Waals surface area (Å²) in [6, 6.07) is 14.4. The third-order valence-electron chi connectivity index (χ3n) is 6.34. The van der Waals surface area contributed by atoms with Crippen molar-refractivity contribution in [1.29, 1.82) is 0 Å². The number of nitrogens with zero attached hydrogens (tertiary/aromatic N) is 1. The van der Waals surface area contributed by atoms with Crippen molar-refractivity contribution in [3.63, 3.8) is 0 Å². The molecule has 2 aliphatic rings. The number of hydrogen-bond donors (Lipinski definition) is 1. The Morgan fingerprint density at radius 2 is 1.62 bits per heavy atom. The number of nitrogens with one attached hydrogen (secondary N) is 1. The quantitative estimate of drug-likeness (QED) is 0.617. The van der Waals surface area contributed by atoms with Crippen molar-refractivity contribution < 1.29 is 22.7 Å². The van der Waals surface area contributed by atoms with Gasteiger partial charge >= 0.3 is 0 Å². The second-order valence-electron chi connectivity index (χ2n) is 8.38. The fourth-order valence-corrected chi connectivity index (χ4v) is 5.90. The zero-order chi connectivity index (χ0) is 22.7. The van der Waals surface area contributed by atoms with E-state index in [4.69, 9.17) is 4.74 Å². The Balaban J connectivity index is 1.51. The average molecular weight is 457 g/mol. The van der Waals surface area contributed by atoms with Gasteiger partial charge in [0.1, 0.15) is 10.6 Å². The first-order valence-electron chi connectivity index (χ1n) is 11.0. The van der Waals surface area contributed by atoms with E-state index in [1.807, 2.05) is 30.3 Å². The standard InChI is InChI=1S/C24H28N2O5S/c1-31-21-12-11-18(16-26-23(27)19-9-5-6-10-20(19)24(26)28)15-22(21)32(29,30)25-14-13-17-7-3-2-4-8-17/h2-4,7-8,11-12,15,19-20,25H,5-6,9-10,13-14,16H2,1H3. The summed E-state index contributed by atoms with van der Waals surface area (Å²) in [6.45, 7) is 0.313. The molecule has 2 aromatic rings. The Bertz CT molecular complexity index is 1080. The van der Waals surface area contributed by atoms with E-state index in [0.717, 1.165) is 31.2 Å². The molecule has 1 heterocycles. The summed E-state index contributed by atoms with van der Waals surface area (Å²) >= 11 is 0. The van der Waals surface area contributed by atoms with E-state index < -0.39 is 10.0 Å². The highest BCUT2D eigenvalue weighted by Crippen LogP contribution is 2.39. The van der Waals surface area contributed by atoms with Gasteiger partial charge in [0.15, 0.2) is 0 Å². The van der Waals surface area contributed by atoms with Crippen LogP contribution < -0.4 is 9.46 Å². The number of benzene rings is 2. The first-order chi connectivity index (χ1) is 15.4. The Morgan fingerprint density at radius 1 is 0.969 bits per heavy atom. The van der Waals surface area contributed by atoms with Crippen LogP contribution in [0, 0.1) is 11.8 Å². The molecular weight excluding hydrogens is 428 g/mol. The van der Waals surface area contributed by atoms with Crippen LogP contribution in [0.2, 0.25) is 0 Å².